The van der Waals surface area contributed by atoms with Gasteiger partial charge in [0.1, 0.15) is 0 Å². The fourth-order valence-corrected chi connectivity index (χ4v) is 2.60. The second-order valence-corrected chi connectivity index (χ2v) is 4.85. The van der Waals surface area contributed by atoms with Gasteiger partial charge in [0.25, 0.3) is 0 Å². The van der Waals surface area contributed by atoms with Crippen LogP contribution in [0.5, 0.6) is 0 Å². The molecule has 0 saturated heterocycles. The van der Waals surface area contributed by atoms with Crippen molar-refractivity contribution in [1.29, 1.82) is 0 Å². The molecule has 0 fully saturated rings. The molecule has 20 heavy (non-hydrogen) atoms. The number of aromatic nitrogens is 1. The van der Waals surface area contributed by atoms with Crippen molar-refractivity contribution < 1.29 is 0 Å². The van der Waals surface area contributed by atoms with E-state index in [-0.39, 0.29) is 0 Å². The molecule has 0 aliphatic heterocycles. The Morgan fingerprint density at radius 3 is 2.60 bits per heavy atom. The van der Waals surface area contributed by atoms with E-state index in [4.69, 9.17) is 4.98 Å². The van der Waals surface area contributed by atoms with Crippen molar-refractivity contribution in [3.05, 3.63) is 78.9 Å². The van der Waals surface area contributed by atoms with E-state index < -0.39 is 0 Å². The normalized spacial score (nSPS) is 11.0. The Labute approximate surface area is 117 Å². The molecule has 1 heteroatoms. The Hall–Kier alpha value is -2.67. The van der Waals surface area contributed by atoms with Crippen LogP contribution in [-0.2, 0) is 0 Å². The highest BCUT2D eigenvalue weighted by atomic mass is 14.7. The maximum absolute atomic E-state index is 4.84. The zero-order valence-corrected chi connectivity index (χ0v) is 10.9. The quantitative estimate of drug-likeness (QED) is 0.442. The highest BCUT2D eigenvalue weighted by Gasteiger charge is 2.06. The van der Waals surface area contributed by atoms with Gasteiger partial charge in [-0.1, -0.05) is 54.6 Å². The summed E-state index contributed by atoms with van der Waals surface area (Å²) in [6.07, 6.45) is 0. The van der Waals surface area contributed by atoms with Gasteiger partial charge in [0.05, 0.1) is 11.0 Å². The van der Waals surface area contributed by atoms with E-state index >= 15 is 0 Å². The Kier molecular flexibility index (Phi) is 2.49. The summed E-state index contributed by atoms with van der Waals surface area (Å²) in [7, 11) is 0. The third-order valence-corrected chi connectivity index (χ3v) is 3.57. The van der Waals surface area contributed by atoms with Crippen molar-refractivity contribution in [2.24, 2.45) is 0 Å². The molecule has 1 aromatic heterocycles. The summed E-state index contributed by atoms with van der Waals surface area (Å²) in [6.45, 7) is 0. The second kappa shape index (κ2) is 4.46. The fraction of sp³-hybridized carbons (Fsp3) is 0. The van der Waals surface area contributed by atoms with Crippen LogP contribution in [0.1, 0.15) is 0 Å². The van der Waals surface area contributed by atoms with E-state index in [0.29, 0.717) is 0 Å². The van der Waals surface area contributed by atoms with Crippen molar-refractivity contribution >= 4 is 21.8 Å². The largest absolute Gasteiger partial charge is 0.247 e. The molecule has 1 radical (unpaired) electrons. The van der Waals surface area contributed by atoms with Crippen LogP contribution < -0.4 is 0 Å². The summed E-state index contributed by atoms with van der Waals surface area (Å²) in [5.41, 5.74) is 4.39. The smallest absolute Gasteiger partial charge is 0.0788 e. The van der Waals surface area contributed by atoms with Gasteiger partial charge in [0.15, 0.2) is 0 Å². The minimum absolute atomic E-state index is 1.03. The lowest BCUT2D eigenvalue weighted by Gasteiger charge is -2.07. The molecule has 93 valence electrons. The molecule has 4 aromatic rings. The van der Waals surface area contributed by atoms with E-state index in [0.717, 1.165) is 22.2 Å². The minimum Gasteiger partial charge on any atom is -0.247 e. The first-order chi connectivity index (χ1) is 9.92. The summed E-state index contributed by atoms with van der Waals surface area (Å²) in [6, 6.07) is 27.9. The summed E-state index contributed by atoms with van der Waals surface area (Å²) >= 11 is 0. The van der Waals surface area contributed by atoms with Crippen molar-refractivity contribution in [3.63, 3.8) is 0 Å². The summed E-state index contributed by atoms with van der Waals surface area (Å²) in [4.78, 5) is 4.84. The Balaban J connectivity index is 2.09. The first kappa shape index (κ1) is 11.2. The highest BCUT2D eigenvalue weighted by molar-refractivity contribution is 5.99. The Bertz CT molecular complexity index is 895. The van der Waals surface area contributed by atoms with Gasteiger partial charge < -0.3 is 0 Å². The minimum atomic E-state index is 1.03. The lowest BCUT2D eigenvalue weighted by atomic mass is 10.0. The average Bonchev–Trinajstić information content (AvgIpc) is 2.53. The first-order valence-electron chi connectivity index (χ1n) is 6.67. The van der Waals surface area contributed by atoms with Gasteiger partial charge >= 0.3 is 0 Å². The molecular formula is C19H12N. The molecule has 1 heterocycles. The number of fused-ring (bicyclic) bond motifs is 2. The molecular weight excluding hydrogens is 242 g/mol. The van der Waals surface area contributed by atoms with Crippen LogP contribution in [0.15, 0.2) is 72.8 Å². The zero-order chi connectivity index (χ0) is 13.4. The maximum atomic E-state index is 4.84. The number of pyridine rings is 1. The third kappa shape index (κ3) is 1.76. The zero-order valence-electron chi connectivity index (χ0n) is 10.9. The van der Waals surface area contributed by atoms with E-state index in [1.165, 1.54) is 10.8 Å². The topological polar surface area (TPSA) is 12.9 Å². The van der Waals surface area contributed by atoms with E-state index in [1.807, 2.05) is 30.3 Å². The maximum Gasteiger partial charge on any atom is 0.0788 e. The van der Waals surface area contributed by atoms with Gasteiger partial charge in [-0.2, -0.15) is 0 Å². The summed E-state index contributed by atoms with van der Waals surface area (Å²) < 4.78 is 0. The monoisotopic (exact) mass is 254 g/mol. The molecule has 0 unspecified atom stereocenters. The van der Waals surface area contributed by atoms with Crippen LogP contribution in [0.4, 0.5) is 0 Å². The molecule has 0 aliphatic carbocycles. The number of benzene rings is 3. The molecule has 0 saturated carbocycles. The summed E-state index contributed by atoms with van der Waals surface area (Å²) in [5.74, 6) is 0. The van der Waals surface area contributed by atoms with Crippen molar-refractivity contribution in [1.82, 2.24) is 4.98 Å². The molecule has 4 rings (SSSR count). The van der Waals surface area contributed by atoms with Crippen LogP contribution >= 0.6 is 0 Å². The SMILES string of the molecule is [c]1cccc(-c2cccc3cc4ccccc4nc23)c1. The number of nitrogens with zero attached hydrogens (tertiary/aromatic N) is 1. The average molecular weight is 254 g/mol. The lowest BCUT2D eigenvalue weighted by Crippen LogP contribution is -1.86. The molecule has 0 N–H and O–H groups in total. The van der Waals surface area contributed by atoms with Crippen LogP contribution in [-0.4, -0.2) is 4.98 Å². The van der Waals surface area contributed by atoms with Gasteiger partial charge in [0, 0.05) is 16.3 Å². The summed E-state index contributed by atoms with van der Waals surface area (Å²) in [5, 5.41) is 2.35. The van der Waals surface area contributed by atoms with Crippen LogP contribution in [0.25, 0.3) is 32.9 Å². The van der Waals surface area contributed by atoms with E-state index in [2.05, 4.69) is 48.5 Å². The van der Waals surface area contributed by atoms with Crippen LogP contribution in [0.2, 0.25) is 0 Å². The Morgan fingerprint density at radius 1 is 0.800 bits per heavy atom. The highest BCUT2D eigenvalue weighted by Crippen LogP contribution is 2.29. The molecule has 1 nitrogen and oxygen atoms in total. The number of hydrogen-bond acceptors (Lipinski definition) is 1. The van der Waals surface area contributed by atoms with E-state index in [9.17, 15) is 0 Å². The Morgan fingerprint density at radius 2 is 1.70 bits per heavy atom. The standard InChI is InChI=1S/C19H12N/c1-2-7-14(8-3-1)17-11-6-10-16-13-15-9-4-5-12-18(15)20-19(16)17/h1-2,4-13H. The molecule has 0 bridgehead atoms. The van der Waals surface area contributed by atoms with Crippen molar-refractivity contribution in [2.45, 2.75) is 0 Å². The number of para-hydroxylation sites is 2. The van der Waals surface area contributed by atoms with Crippen molar-refractivity contribution in [2.75, 3.05) is 0 Å². The number of hydrogen-bond donors (Lipinski definition) is 0. The van der Waals surface area contributed by atoms with Gasteiger partial charge in [-0.05, 0) is 29.8 Å². The molecule has 0 aliphatic rings. The van der Waals surface area contributed by atoms with Gasteiger partial charge in [-0.25, -0.2) is 4.98 Å². The van der Waals surface area contributed by atoms with Gasteiger partial charge in [0.2, 0.25) is 0 Å². The molecule has 0 amide bonds. The van der Waals surface area contributed by atoms with Crippen molar-refractivity contribution in [3.8, 4) is 11.1 Å². The molecule has 0 spiro atoms. The van der Waals surface area contributed by atoms with Crippen LogP contribution in [0, 0.1) is 6.07 Å². The van der Waals surface area contributed by atoms with Crippen LogP contribution in [0.3, 0.4) is 0 Å². The number of rotatable bonds is 1. The third-order valence-electron chi connectivity index (χ3n) is 3.57. The van der Waals surface area contributed by atoms with Gasteiger partial charge in [-0.3, -0.25) is 0 Å². The molecule has 3 aromatic carbocycles. The first-order valence-corrected chi connectivity index (χ1v) is 6.67. The lowest BCUT2D eigenvalue weighted by molar-refractivity contribution is 1.49. The predicted octanol–water partition coefficient (Wildman–Crippen LogP) is 4.86. The second-order valence-electron chi connectivity index (χ2n) is 4.85. The predicted molar refractivity (Wildman–Crippen MR) is 83.5 cm³/mol. The van der Waals surface area contributed by atoms with Gasteiger partial charge in [-0.15, -0.1) is 0 Å². The van der Waals surface area contributed by atoms with E-state index in [1.54, 1.807) is 0 Å². The fourth-order valence-electron chi connectivity index (χ4n) is 2.60. The molecule has 0 atom stereocenters.